The van der Waals surface area contributed by atoms with Gasteiger partial charge in [-0.1, -0.05) is 6.07 Å². The van der Waals surface area contributed by atoms with E-state index in [0.717, 1.165) is 44.8 Å². The predicted molar refractivity (Wildman–Crippen MR) is 83.1 cm³/mol. The van der Waals surface area contributed by atoms with E-state index in [-0.39, 0.29) is 5.91 Å². The molecule has 1 saturated heterocycles. The molecule has 0 spiro atoms. The number of rotatable bonds is 6. The third-order valence-electron chi connectivity index (χ3n) is 4.01. The molecule has 8 heteroatoms. The Balaban J connectivity index is 1.37. The Bertz CT molecular complexity index is 594. The van der Waals surface area contributed by atoms with Gasteiger partial charge in [0.25, 0.3) is 0 Å². The number of amides is 1. The van der Waals surface area contributed by atoms with Crippen molar-refractivity contribution in [3.05, 3.63) is 36.4 Å². The van der Waals surface area contributed by atoms with E-state index in [2.05, 4.69) is 25.4 Å². The van der Waals surface area contributed by atoms with Crippen molar-refractivity contribution < 1.29 is 4.79 Å². The monoisotopic (exact) mass is 315 g/mol. The first-order valence-corrected chi connectivity index (χ1v) is 7.92. The Morgan fingerprint density at radius 3 is 2.74 bits per heavy atom. The average Bonchev–Trinajstić information content (AvgIpc) is 3.10. The number of nitrogens with zero attached hydrogens (tertiary/aromatic N) is 7. The van der Waals surface area contributed by atoms with Gasteiger partial charge in [0.05, 0.1) is 5.69 Å². The molecule has 1 aliphatic rings. The third kappa shape index (κ3) is 4.56. The summed E-state index contributed by atoms with van der Waals surface area (Å²) in [6.45, 7) is 4.90. The van der Waals surface area contributed by atoms with Crippen molar-refractivity contribution in [2.24, 2.45) is 0 Å². The standard InChI is InChI=1S/C15H21N7O/c23-15(5-3-7-22-13-17-18-19-22)21-10-8-20(9-11-21)12-14-4-1-2-6-16-14/h1-2,4,6,13H,3,5,7-12H2. The van der Waals surface area contributed by atoms with Gasteiger partial charge in [-0.2, -0.15) is 0 Å². The fraction of sp³-hybridized carbons (Fsp3) is 0.533. The van der Waals surface area contributed by atoms with Crippen LogP contribution in [0.5, 0.6) is 0 Å². The maximum absolute atomic E-state index is 12.2. The molecule has 0 saturated carbocycles. The molecule has 0 radical (unpaired) electrons. The minimum Gasteiger partial charge on any atom is -0.340 e. The molecule has 3 heterocycles. The van der Waals surface area contributed by atoms with Gasteiger partial charge < -0.3 is 4.90 Å². The fourth-order valence-corrected chi connectivity index (χ4v) is 2.71. The quantitative estimate of drug-likeness (QED) is 0.757. The molecule has 122 valence electrons. The molecular formula is C15H21N7O. The molecule has 0 unspecified atom stereocenters. The largest absolute Gasteiger partial charge is 0.340 e. The molecule has 23 heavy (non-hydrogen) atoms. The van der Waals surface area contributed by atoms with E-state index in [1.807, 2.05) is 29.3 Å². The Morgan fingerprint density at radius 1 is 1.17 bits per heavy atom. The summed E-state index contributed by atoms with van der Waals surface area (Å²) in [7, 11) is 0. The highest BCUT2D eigenvalue weighted by molar-refractivity contribution is 5.76. The van der Waals surface area contributed by atoms with Crippen LogP contribution in [0.1, 0.15) is 18.5 Å². The van der Waals surface area contributed by atoms with Gasteiger partial charge in [0.15, 0.2) is 0 Å². The number of hydrogen-bond donors (Lipinski definition) is 0. The maximum Gasteiger partial charge on any atom is 0.222 e. The Kier molecular flexibility index (Phi) is 5.25. The van der Waals surface area contributed by atoms with E-state index >= 15 is 0 Å². The molecule has 0 bridgehead atoms. The summed E-state index contributed by atoms with van der Waals surface area (Å²) in [6, 6.07) is 5.97. The molecule has 0 N–H and O–H groups in total. The van der Waals surface area contributed by atoms with E-state index in [1.165, 1.54) is 0 Å². The second-order valence-corrected chi connectivity index (χ2v) is 5.65. The highest BCUT2D eigenvalue weighted by Crippen LogP contribution is 2.08. The lowest BCUT2D eigenvalue weighted by atomic mass is 10.2. The van der Waals surface area contributed by atoms with Crippen LogP contribution in [-0.4, -0.2) is 67.1 Å². The second-order valence-electron chi connectivity index (χ2n) is 5.65. The van der Waals surface area contributed by atoms with Crippen LogP contribution in [0.15, 0.2) is 30.7 Å². The normalized spacial score (nSPS) is 15.7. The first-order valence-electron chi connectivity index (χ1n) is 7.92. The molecular weight excluding hydrogens is 294 g/mol. The number of tetrazole rings is 1. The van der Waals surface area contributed by atoms with E-state index in [9.17, 15) is 4.79 Å². The smallest absolute Gasteiger partial charge is 0.222 e. The molecule has 0 aliphatic carbocycles. The molecule has 3 rings (SSSR count). The van der Waals surface area contributed by atoms with Gasteiger partial charge in [0.2, 0.25) is 5.91 Å². The zero-order valence-corrected chi connectivity index (χ0v) is 13.1. The van der Waals surface area contributed by atoms with E-state index < -0.39 is 0 Å². The van der Waals surface area contributed by atoms with E-state index in [1.54, 1.807) is 11.0 Å². The number of hydrogen-bond acceptors (Lipinski definition) is 6. The summed E-state index contributed by atoms with van der Waals surface area (Å²) < 4.78 is 1.65. The molecule has 0 atom stereocenters. The average molecular weight is 315 g/mol. The minimum atomic E-state index is 0.218. The summed E-state index contributed by atoms with van der Waals surface area (Å²) in [4.78, 5) is 20.9. The summed E-state index contributed by atoms with van der Waals surface area (Å²) in [5, 5.41) is 11.0. The van der Waals surface area contributed by atoms with Crippen molar-refractivity contribution in [1.29, 1.82) is 0 Å². The summed E-state index contributed by atoms with van der Waals surface area (Å²) in [5.41, 5.74) is 1.08. The van der Waals surface area contributed by atoms with Crippen molar-refractivity contribution in [2.45, 2.75) is 25.9 Å². The van der Waals surface area contributed by atoms with Gasteiger partial charge in [-0.25, -0.2) is 4.68 Å². The fourth-order valence-electron chi connectivity index (χ4n) is 2.71. The second kappa shape index (κ2) is 7.77. The first-order chi connectivity index (χ1) is 11.3. The van der Waals surface area contributed by atoms with Crippen molar-refractivity contribution in [2.75, 3.05) is 26.2 Å². The lowest BCUT2D eigenvalue weighted by Crippen LogP contribution is -2.48. The van der Waals surface area contributed by atoms with Crippen molar-refractivity contribution in [3.8, 4) is 0 Å². The molecule has 2 aromatic rings. The summed E-state index contributed by atoms with van der Waals surface area (Å²) >= 11 is 0. The van der Waals surface area contributed by atoms with E-state index in [0.29, 0.717) is 13.0 Å². The molecule has 0 aromatic carbocycles. The van der Waals surface area contributed by atoms with Gasteiger partial charge in [-0.05, 0) is 29.0 Å². The van der Waals surface area contributed by atoms with Gasteiger partial charge >= 0.3 is 0 Å². The van der Waals surface area contributed by atoms with Gasteiger partial charge in [0.1, 0.15) is 6.33 Å². The Hall–Kier alpha value is -2.35. The highest BCUT2D eigenvalue weighted by atomic mass is 16.2. The molecule has 2 aromatic heterocycles. The van der Waals surface area contributed by atoms with E-state index in [4.69, 9.17) is 0 Å². The number of piperazine rings is 1. The van der Waals surface area contributed by atoms with Gasteiger partial charge in [-0.3, -0.25) is 14.7 Å². The molecule has 1 amide bonds. The number of pyridine rings is 1. The number of carbonyl (C=O) groups is 1. The summed E-state index contributed by atoms with van der Waals surface area (Å²) in [6.07, 6.45) is 4.69. The molecule has 8 nitrogen and oxygen atoms in total. The third-order valence-corrected chi connectivity index (χ3v) is 4.01. The van der Waals surface area contributed by atoms with Crippen LogP contribution in [0.4, 0.5) is 0 Å². The van der Waals surface area contributed by atoms with Crippen LogP contribution < -0.4 is 0 Å². The van der Waals surface area contributed by atoms with Crippen molar-refractivity contribution >= 4 is 5.91 Å². The van der Waals surface area contributed by atoms with Crippen molar-refractivity contribution in [1.82, 2.24) is 35.0 Å². The predicted octanol–water partition coefficient (Wildman–Crippen LogP) is 0.193. The van der Waals surface area contributed by atoms with Crippen LogP contribution in [-0.2, 0) is 17.9 Å². The topological polar surface area (TPSA) is 80.0 Å². The Labute approximate surface area is 135 Å². The Morgan fingerprint density at radius 2 is 2.04 bits per heavy atom. The van der Waals surface area contributed by atoms with Crippen LogP contribution >= 0.6 is 0 Å². The SMILES string of the molecule is O=C(CCCn1cnnn1)N1CCN(Cc2ccccn2)CC1. The number of aromatic nitrogens is 5. The van der Waals surface area contributed by atoms with Crippen LogP contribution in [0, 0.1) is 0 Å². The maximum atomic E-state index is 12.2. The minimum absolute atomic E-state index is 0.218. The van der Waals surface area contributed by atoms with Crippen molar-refractivity contribution in [3.63, 3.8) is 0 Å². The lowest BCUT2D eigenvalue weighted by Gasteiger charge is -2.34. The first kappa shape index (κ1) is 15.5. The lowest BCUT2D eigenvalue weighted by molar-refractivity contribution is -0.133. The van der Waals surface area contributed by atoms with Crippen LogP contribution in [0.3, 0.4) is 0 Å². The van der Waals surface area contributed by atoms with Gasteiger partial charge in [0, 0.05) is 51.9 Å². The van der Waals surface area contributed by atoms with Crippen LogP contribution in [0.25, 0.3) is 0 Å². The van der Waals surface area contributed by atoms with Gasteiger partial charge in [-0.15, -0.1) is 5.10 Å². The zero-order chi connectivity index (χ0) is 15.9. The molecule has 1 fully saturated rings. The highest BCUT2D eigenvalue weighted by Gasteiger charge is 2.20. The number of aryl methyl sites for hydroxylation is 1. The number of carbonyl (C=O) groups excluding carboxylic acids is 1. The molecule has 1 aliphatic heterocycles. The summed E-state index contributed by atoms with van der Waals surface area (Å²) in [5.74, 6) is 0.218. The van der Waals surface area contributed by atoms with Crippen LogP contribution in [0.2, 0.25) is 0 Å². The zero-order valence-electron chi connectivity index (χ0n) is 13.1.